The van der Waals surface area contributed by atoms with E-state index in [0.717, 1.165) is 56.6 Å². The van der Waals surface area contributed by atoms with Crippen molar-refractivity contribution in [1.29, 1.82) is 0 Å². The number of aliphatic hydroxyl groups is 2. The Bertz CT molecular complexity index is 831. The fourth-order valence-electron chi connectivity index (χ4n) is 5.05. The average molecular weight is 552 g/mol. The Balaban J connectivity index is 1.84. The van der Waals surface area contributed by atoms with Gasteiger partial charge in [-0.1, -0.05) is 26.8 Å². The molecule has 0 radical (unpaired) electrons. The van der Waals surface area contributed by atoms with Crippen LogP contribution < -0.4 is 20.5 Å². The van der Waals surface area contributed by atoms with Crippen molar-refractivity contribution in [3.63, 3.8) is 0 Å². The SMILES string of the molecule is COCCCOc1cc(C[C@@H](C[C@H](N)[C@@H](O)C[C@@H](C)C(=O)NCCN2CCC(O)CC2)C(C)C)ccc1OC. The van der Waals surface area contributed by atoms with Crippen LogP contribution >= 0.6 is 0 Å². The highest BCUT2D eigenvalue weighted by Gasteiger charge is 2.26. The van der Waals surface area contributed by atoms with Gasteiger partial charge in [-0.05, 0) is 61.6 Å². The molecule has 0 saturated carbocycles. The largest absolute Gasteiger partial charge is 0.493 e. The van der Waals surface area contributed by atoms with Crippen molar-refractivity contribution in [3.05, 3.63) is 23.8 Å². The summed E-state index contributed by atoms with van der Waals surface area (Å²) in [7, 11) is 3.31. The third kappa shape index (κ3) is 12.0. The van der Waals surface area contributed by atoms with E-state index in [1.807, 2.05) is 19.1 Å². The first-order chi connectivity index (χ1) is 18.6. The van der Waals surface area contributed by atoms with E-state index in [4.69, 9.17) is 19.9 Å². The maximum atomic E-state index is 12.6. The number of nitrogens with one attached hydrogen (secondary N) is 1. The van der Waals surface area contributed by atoms with E-state index in [-0.39, 0.29) is 23.8 Å². The molecule has 9 nitrogen and oxygen atoms in total. The zero-order chi connectivity index (χ0) is 28.8. The highest BCUT2D eigenvalue weighted by atomic mass is 16.5. The molecule has 1 aliphatic rings. The molecule has 0 unspecified atom stereocenters. The minimum atomic E-state index is -0.758. The molecule has 1 fully saturated rings. The number of likely N-dealkylation sites (tertiary alicyclic amines) is 1. The summed E-state index contributed by atoms with van der Waals surface area (Å²) in [4.78, 5) is 14.9. The van der Waals surface area contributed by atoms with Crippen LogP contribution in [0.3, 0.4) is 0 Å². The summed E-state index contributed by atoms with van der Waals surface area (Å²) in [5.41, 5.74) is 7.60. The number of rotatable bonds is 18. The van der Waals surface area contributed by atoms with Gasteiger partial charge in [0.05, 0.1) is 25.9 Å². The van der Waals surface area contributed by atoms with Gasteiger partial charge >= 0.3 is 0 Å². The van der Waals surface area contributed by atoms with Gasteiger partial charge in [0.25, 0.3) is 0 Å². The second-order valence-electron chi connectivity index (χ2n) is 11.4. The van der Waals surface area contributed by atoms with Gasteiger partial charge in [0, 0.05) is 58.3 Å². The molecule has 1 aromatic carbocycles. The van der Waals surface area contributed by atoms with Gasteiger partial charge in [0.15, 0.2) is 11.5 Å². The molecule has 2 rings (SSSR count). The lowest BCUT2D eigenvalue weighted by Crippen LogP contribution is -2.43. The van der Waals surface area contributed by atoms with Crippen molar-refractivity contribution in [2.75, 3.05) is 53.6 Å². The van der Waals surface area contributed by atoms with Crippen molar-refractivity contribution in [1.82, 2.24) is 10.2 Å². The average Bonchev–Trinajstić information content (AvgIpc) is 2.91. The number of benzene rings is 1. The summed E-state index contributed by atoms with van der Waals surface area (Å²) in [6.45, 7) is 10.4. The van der Waals surface area contributed by atoms with E-state index >= 15 is 0 Å². The number of nitrogens with two attached hydrogens (primary N) is 1. The zero-order valence-corrected chi connectivity index (χ0v) is 24.7. The normalized spacial score (nSPS) is 18.0. The molecule has 0 aromatic heterocycles. The molecular formula is C30H53N3O6. The lowest BCUT2D eigenvalue weighted by molar-refractivity contribution is -0.125. The summed E-state index contributed by atoms with van der Waals surface area (Å²) < 4.78 is 16.5. The summed E-state index contributed by atoms with van der Waals surface area (Å²) >= 11 is 0. The number of ether oxygens (including phenoxy) is 3. The summed E-state index contributed by atoms with van der Waals surface area (Å²) in [6, 6.07) is 5.59. The molecule has 1 heterocycles. The van der Waals surface area contributed by atoms with Gasteiger partial charge in [0.1, 0.15) is 0 Å². The second-order valence-corrected chi connectivity index (χ2v) is 11.4. The van der Waals surface area contributed by atoms with Crippen molar-refractivity contribution in [2.45, 2.75) is 77.5 Å². The van der Waals surface area contributed by atoms with Crippen LogP contribution in [0.5, 0.6) is 11.5 Å². The van der Waals surface area contributed by atoms with Crippen LogP contribution in [0.25, 0.3) is 0 Å². The molecule has 39 heavy (non-hydrogen) atoms. The van der Waals surface area contributed by atoms with E-state index in [0.29, 0.717) is 44.3 Å². The topological polar surface area (TPSA) is 127 Å². The third-order valence-corrected chi connectivity index (χ3v) is 7.82. The van der Waals surface area contributed by atoms with Crippen LogP contribution in [0, 0.1) is 17.8 Å². The number of carbonyl (C=O) groups excluding carboxylic acids is 1. The molecular weight excluding hydrogens is 498 g/mol. The van der Waals surface area contributed by atoms with E-state index in [9.17, 15) is 15.0 Å². The molecule has 9 heteroatoms. The number of aliphatic hydroxyl groups excluding tert-OH is 2. The third-order valence-electron chi connectivity index (χ3n) is 7.82. The molecule has 5 N–H and O–H groups in total. The molecule has 0 aliphatic carbocycles. The van der Waals surface area contributed by atoms with Crippen molar-refractivity contribution < 1.29 is 29.2 Å². The highest BCUT2D eigenvalue weighted by molar-refractivity contribution is 5.78. The minimum absolute atomic E-state index is 0.0602. The molecule has 1 aromatic rings. The standard InChI is InChI=1S/C30H53N3O6/c1-21(2)24(18-23-7-8-28(38-5)29(19-23)39-16-6-15-37-4)20-26(31)27(35)17-22(3)30(36)32-11-14-33-12-9-25(34)10-13-33/h7-8,19,21-22,24-27,34-35H,6,9-18,20,31H2,1-5H3,(H,32,36)/t22-,24+,26+,27+/m1/s1. The minimum Gasteiger partial charge on any atom is -0.493 e. The molecule has 1 amide bonds. The molecule has 1 aliphatic heterocycles. The van der Waals surface area contributed by atoms with E-state index in [2.05, 4.69) is 30.1 Å². The number of nitrogens with zero attached hydrogens (tertiary/aromatic N) is 1. The Morgan fingerprint density at radius 2 is 1.85 bits per heavy atom. The Labute approximate surface area is 235 Å². The van der Waals surface area contributed by atoms with Gasteiger partial charge in [-0.15, -0.1) is 0 Å². The summed E-state index contributed by atoms with van der Waals surface area (Å²) in [5.74, 6) is 1.66. The maximum absolute atomic E-state index is 12.6. The van der Waals surface area contributed by atoms with Gasteiger partial charge in [-0.2, -0.15) is 0 Å². The molecule has 0 bridgehead atoms. The number of hydrogen-bond donors (Lipinski definition) is 4. The predicted molar refractivity (Wildman–Crippen MR) is 154 cm³/mol. The lowest BCUT2D eigenvalue weighted by atomic mass is 9.82. The van der Waals surface area contributed by atoms with Crippen LogP contribution in [0.1, 0.15) is 58.4 Å². The van der Waals surface area contributed by atoms with Crippen molar-refractivity contribution >= 4 is 5.91 Å². The van der Waals surface area contributed by atoms with Gasteiger partial charge in [-0.25, -0.2) is 0 Å². The van der Waals surface area contributed by atoms with Crippen molar-refractivity contribution in [2.24, 2.45) is 23.5 Å². The van der Waals surface area contributed by atoms with Gasteiger partial charge < -0.3 is 40.4 Å². The first kappa shape index (κ1) is 33.3. The van der Waals surface area contributed by atoms with Crippen molar-refractivity contribution in [3.8, 4) is 11.5 Å². The number of amides is 1. The zero-order valence-electron chi connectivity index (χ0n) is 24.7. The van der Waals surface area contributed by atoms with Gasteiger partial charge in [-0.3, -0.25) is 4.79 Å². The highest BCUT2D eigenvalue weighted by Crippen LogP contribution is 2.31. The Kier molecular flexibility index (Phi) is 15.1. The molecule has 224 valence electrons. The first-order valence-corrected chi connectivity index (χ1v) is 14.5. The van der Waals surface area contributed by atoms with Crippen LogP contribution in [-0.4, -0.2) is 92.9 Å². The van der Waals surface area contributed by atoms with Crippen LogP contribution in [0.2, 0.25) is 0 Å². The Morgan fingerprint density at radius 3 is 2.49 bits per heavy atom. The summed E-state index contributed by atoms with van der Waals surface area (Å²) in [5, 5.41) is 23.5. The monoisotopic (exact) mass is 551 g/mol. The van der Waals surface area contributed by atoms with E-state index in [1.165, 1.54) is 0 Å². The van der Waals surface area contributed by atoms with E-state index < -0.39 is 12.1 Å². The second kappa shape index (κ2) is 17.7. The van der Waals surface area contributed by atoms with E-state index in [1.54, 1.807) is 14.2 Å². The molecule has 4 atom stereocenters. The number of methoxy groups -OCH3 is 2. The van der Waals surface area contributed by atoms with Crippen LogP contribution in [0.15, 0.2) is 18.2 Å². The number of carbonyl (C=O) groups is 1. The fraction of sp³-hybridized carbons (Fsp3) is 0.767. The number of hydrogen-bond acceptors (Lipinski definition) is 8. The van der Waals surface area contributed by atoms with Gasteiger partial charge in [0.2, 0.25) is 5.91 Å². The maximum Gasteiger partial charge on any atom is 0.222 e. The fourth-order valence-corrected chi connectivity index (χ4v) is 5.05. The Morgan fingerprint density at radius 1 is 1.13 bits per heavy atom. The predicted octanol–water partition coefficient (Wildman–Crippen LogP) is 2.60. The lowest BCUT2D eigenvalue weighted by Gasteiger charge is -2.30. The first-order valence-electron chi connectivity index (χ1n) is 14.5. The quantitative estimate of drug-likeness (QED) is 0.205. The Hall–Kier alpha value is -1.91. The van der Waals surface area contributed by atoms with Crippen LogP contribution in [-0.2, 0) is 16.0 Å². The molecule has 1 saturated heterocycles. The summed E-state index contributed by atoms with van der Waals surface area (Å²) in [6.07, 6.45) is 3.20. The number of piperidine rings is 1. The molecule has 0 spiro atoms. The smallest absolute Gasteiger partial charge is 0.222 e. The van der Waals surface area contributed by atoms with Crippen LogP contribution in [0.4, 0.5) is 0 Å².